The van der Waals surface area contributed by atoms with Gasteiger partial charge in [0.2, 0.25) is 5.91 Å². The largest absolute Gasteiger partial charge is 0.486 e. The summed E-state index contributed by atoms with van der Waals surface area (Å²) in [6.45, 7) is 0.0453. The summed E-state index contributed by atoms with van der Waals surface area (Å²) in [7, 11) is 0. The lowest BCUT2D eigenvalue weighted by molar-refractivity contribution is -0.125. The molecule has 1 fully saturated rings. The summed E-state index contributed by atoms with van der Waals surface area (Å²) in [6, 6.07) is 4.41. The third kappa shape index (κ3) is 5.25. The van der Waals surface area contributed by atoms with Gasteiger partial charge in [0.05, 0.1) is 6.54 Å². The number of nitrogens with one attached hydrogen (secondary N) is 2. The lowest BCUT2D eigenvalue weighted by Gasteiger charge is -2.26. The summed E-state index contributed by atoms with van der Waals surface area (Å²) in [4.78, 5) is 25.3. The molecule has 2 heterocycles. The molecular weight excluding hydrogens is 367 g/mol. The van der Waals surface area contributed by atoms with E-state index in [4.69, 9.17) is 9.47 Å². The number of imide groups is 1. The van der Waals surface area contributed by atoms with Crippen LogP contribution in [0, 0.1) is 0 Å². The monoisotopic (exact) mass is 387 g/mol. The van der Waals surface area contributed by atoms with Crippen molar-refractivity contribution in [2.24, 2.45) is 0 Å². The van der Waals surface area contributed by atoms with Gasteiger partial charge in [0.15, 0.2) is 11.5 Å². The van der Waals surface area contributed by atoms with Crippen LogP contribution >= 0.6 is 0 Å². The van der Waals surface area contributed by atoms with Gasteiger partial charge >= 0.3 is 12.2 Å². The second-order valence-electron chi connectivity index (χ2n) is 6.38. The minimum atomic E-state index is -4.53. The minimum absolute atomic E-state index is 0.0372. The van der Waals surface area contributed by atoms with Gasteiger partial charge in [-0.1, -0.05) is 6.07 Å². The van der Waals surface area contributed by atoms with Crippen LogP contribution in [0.25, 0.3) is 0 Å². The maximum Gasteiger partial charge on any atom is 0.405 e. The first-order valence-corrected chi connectivity index (χ1v) is 8.60. The number of ether oxygens (including phenoxy) is 2. The molecule has 10 heteroatoms. The van der Waals surface area contributed by atoms with Gasteiger partial charge in [0.1, 0.15) is 19.8 Å². The first kappa shape index (κ1) is 19.3. The maximum absolute atomic E-state index is 12.1. The molecule has 0 aromatic heterocycles. The number of urea groups is 1. The molecule has 0 spiro atoms. The van der Waals surface area contributed by atoms with Crippen molar-refractivity contribution >= 4 is 11.9 Å². The van der Waals surface area contributed by atoms with Gasteiger partial charge in [-0.25, -0.2) is 4.79 Å². The highest BCUT2D eigenvalue weighted by atomic mass is 19.4. The number of halogens is 3. The fourth-order valence-corrected chi connectivity index (χ4v) is 3.24. The van der Waals surface area contributed by atoms with Gasteiger partial charge in [-0.3, -0.25) is 15.0 Å². The van der Waals surface area contributed by atoms with Crippen LogP contribution in [0.1, 0.15) is 24.4 Å². The lowest BCUT2D eigenvalue weighted by atomic mass is 10.0. The SMILES string of the molecule is O=C(CN1CCC[C@@H]1c1ccc2c(c1)OCCO2)NC(=O)NCC(F)(F)F. The van der Waals surface area contributed by atoms with Crippen LogP contribution in [-0.2, 0) is 4.79 Å². The van der Waals surface area contributed by atoms with Gasteiger partial charge in [-0.15, -0.1) is 0 Å². The highest BCUT2D eigenvalue weighted by Crippen LogP contribution is 2.37. The number of carbonyl (C=O) groups excluding carboxylic acids is 2. The molecular formula is C17H20F3N3O4. The van der Waals surface area contributed by atoms with Gasteiger partial charge in [-0.2, -0.15) is 13.2 Å². The van der Waals surface area contributed by atoms with E-state index in [1.807, 2.05) is 28.4 Å². The molecule has 148 valence electrons. The van der Waals surface area contributed by atoms with E-state index in [0.29, 0.717) is 31.3 Å². The molecule has 1 aromatic rings. The van der Waals surface area contributed by atoms with E-state index in [0.717, 1.165) is 18.4 Å². The van der Waals surface area contributed by atoms with Crippen LogP contribution in [0.15, 0.2) is 18.2 Å². The number of nitrogens with zero attached hydrogens (tertiary/aromatic N) is 1. The number of alkyl halides is 3. The Morgan fingerprint density at radius 1 is 1.19 bits per heavy atom. The predicted molar refractivity (Wildman–Crippen MR) is 88.6 cm³/mol. The molecule has 2 N–H and O–H groups in total. The average molecular weight is 387 g/mol. The van der Waals surface area contributed by atoms with Crippen molar-refractivity contribution in [1.82, 2.24) is 15.5 Å². The fourth-order valence-electron chi connectivity index (χ4n) is 3.24. The summed E-state index contributed by atoms with van der Waals surface area (Å²) < 4.78 is 47.3. The topological polar surface area (TPSA) is 79.9 Å². The molecule has 2 aliphatic rings. The van der Waals surface area contributed by atoms with Crippen molar-refractivity contribution in [1.29, 1.82) is 0 Å². The Kier molecular flexibility index (Phi) is 5.73. The van der Waals surface area contributed by atoms with E-state index in [1.165, 1.54) is 0 Å². The molecule has 0 radical (unpaired) electrons. The molecule has 0 saturated carbocycles. The lowest BCUT2D eigenvalue weighted by Crippen LogP contribution is -2.46. The number of hydrogen-bond acceptors (Lipinski definition) is 5. The van der Waals surface area contributed by atoms with E-state index in [1.54, 1.807) is 5.32 Å². The second-order valence-corrected chi connectivity index (χ2v) is 6.38. The van der Waals surface area contributed by atoms with E-state index in [9.17, 15) is 22.8 Å². The molecule has 1 aromatic carbocycles. The average Bonchev–Trinajstić information content (AvgIpc) is 3.07. The summed E-state index contributed by atoms with van der Waals surface area (Å²) in [5.74, 6) is 0.675. The van der Waals surface area contributed by atoms with Crippen molar-refractivity contribution in [2.75, 3.05) is 32.8 Å². The second kappa shape index (κ2) is 8.03. The first-order chi connectivity index (χ1) is 12.8. The van der Waals surface area contributed by atoms with Crippen LogP contribution in [-0.4, -0.2) is 55.9 Å². The van der Waals surface area contributed by atoms with Crippen molar-refractivity contribution in [3.05, 3.63) is 23.8 Å². The number of hydrogen-bond donors (Lipinski definition) is 2. The van der Waals surface area contributed by atoms with Crippen molar-refractivity contribution in [3.63, 3.8) is 0 Å². The van der Waals surface area contributed by atoms with E-state index < -0.39 is 24.7 Å². The number of rotatable bonds is 4. The molecule has 3 rings (SSSR count). The zero-order chi connectivity index (χ0) is 19.4. The van der Waals surface area contributed by atoms with Gasteiger partial charge in [0.25, 0.3) is 0 Å². The van der Waals surface area contributed by atoms with Crippen LogP contribution in [0.2, 0.25) is 0 Å². The van der Waals surface area contributed by atoms with Gasteiger partial charge < -0.3 is 14.8 Å². The third-order valence-electron chi connectivity index (χ3n) is 4.36. The highest BCUT2D eigenvalue weighted by molar-refractivity contribution is 5.95. The van der Waals surface area contributed by atoms with Crippen LogP contribution in [0.3, 0.4) is 0 Å². The first-order valence-electron chi connectivity index (χ1n) is 8.60. The Bertz CT molecular complexity index is 711. The van der Waals surface area contributed by atoms with Crippen LogP contribution in [0.5, 0.6) is 11.5 Å². The summed E-state index contributed by atoms with van der Waals surface area (Å²) >= 11 is 0. The molecule has 2 aliphatic heterocycles. The number of likely N-dealkylation sites (tertiary alicyclic amines) is 1. The molecule has 0 aliphatic carbocycles. The van der Waals surface area contributed by atoms with E-state index in [2.05, 4.69) is 0 Å². The molecule has 27 heavy (non-hydrogen) atoms. The predicted octanol–water partition coefficient (Wildman–Crippen LogP) is 1.98. The molecule has 7 nitrogen and oxygen atoms in total. The summed E-state index contributed by atoms with van der Waals surface area (Å²) in [6.07, 6.45) is -2.83. The number of amides is 3. The standard InChI is InChI=1S/C17H20F3N3O4/c18-17(19,20)10-21-16(25)22-15(24)9-23-5-1-2-12(23)11-3-4-13-14(8-11)27-7-6-26-13/h3-4,8,12H,1-2,5-7,9-10H2,(H2,21,22,24,25)/t12-/m1/s1. The van der Waals surface area contributed by atoms with E-state index in [-0.39, 0.29) is 12.6 Å². The third-order valence-corrected chi connectivity index (χ3v) is 4.36. The van der Waals surface area contributed by atoms with Crippen molar-refractivity contribution in [2.45, 2.75) is 25.1 Å². The Morgan fingerprint density at radius 3 is 2.67 bits per heavy atom. The highest BCUT2D eigenvalue weighted by Gasteiger charge is 2.30. The number of carbonyl (C=O) groups is 2. The molecule has 1 saturated heterocycles. The fraction of sp³-hybridized carbons (Fsp3) is 0.529. The molecule has 0 unspecified atom stereocenters. The zero-order valence-corrected chi connectivity index (χ0v) is 14.5. The quantitative estimate of drug-likeness (QED) is 0.826. The molecule has 3 amide bonds. The molecule has 1 atom stereocenters. The maximum atomic E-state index is 12.1. The van der Waals surface area contributed by atoms with Crippen molar-refractivity contribution < 1.29 is 32.2 Å². The minimum Gasteiger partial charge on any atom is -0.486 e. The summed E-state index contributed by atoms with van der Waals surface area (Å²) in [5, 5.41) is 3.54. The normalized spacial score (nSPS) is 19.6. The summed E-state index contributed by atoms with van der Waals surface area (Å²) in [5.41, 5.74) is 0.964. The Morgan fingerprint density at radius 2 is 1.93 bits per heavy atom. The number of fused-ring (bicyclic) bond motifs is 1. The van der Waals surface area contributed by atoms with Crippen LogP contribution in [0.4, 0.5) is 18.0 Å². The van der Waals surface area contributed by atoms with E-state index >= 15 is 0 Å². The molecule has 0 bridgehead atoms. The zero-order valence-electron chi connectivity index (χ0n) is 14.5. The Balaban J connectivity index is 1.56. The smallest absolute Gasteiger partial charge is 0.405 e. The van der Waals surface area contributed by atoms with Gasteiger partial charge in [0, 0.05) is 6.04 Å². The van der Waals surface area contributed by atoms with Crippen molar-refractivity contribution in [3.8, 4) is 11.5 Å². The Hall–Kier alpha value is -2.49. The Labute approximate surface area is 153 Å². The van der Waals surface area contributed by atoms with Gasteiger partial charge in [-0.05, 0) is 37.1 Å². The van der Waals surface area contributed by atoms with Crippen LogP contribution < -0.4 is 20.1 Å². The number of benzene rings is 1.